The van der Waals surface area contributed by atoms with Crippen molar-refractivity contribution < 1.29 is 17.6 Å². The fourth-order valence-corrected chi connectivity index (χ4v) is 4.21. The summed E-state index contributed by atoms with van der Waals surface area (Å²) in [7, 11) is -0.772. The summed E-state index contributed by atoms with van der Waals surface area (Å²) in [6.45, 7) is 3.92. The van der Waals surface area contributed by atoms with Crippen molar-refractivity contribution in [3.05, 3.63) is 66.2 Å². The van der Waals surface area contributed by atoms with Crippen LogP contribution in [0, 0.1) is 5.82 Å². The molecule has 1 heterocycles. The predicted octanol–water partition coefficient (Wildman–Crippen LogP) is 3.73. The lowest BCUT2D eigenvalue weighted by molar-refractivity contribution is -0.115. The number of hydrogen-bond acceptors (Lipinski definition) is 4. The topological polar surface area (TPSA) is 96.7 Å². The highest BCUT2D eigenvalue weighted by Gasteiger charge is 2.21. The third-order valence-corrected chi connectivity index (χ3v) is 5.98. The summed E-state index contributed by atoms with van der Waals surface area (Å²) in [5.41, 5.74) is 1.52. The van der Waals surface area contributed by atoms with Gasteiger partial charge in [-0.15, -0.1) is 4.40 Å². The van der Waals surface area contributed by atoms with Crippen LogP contribution >= 0.6 is 0 Å². The van der Waals surface area contributed by atoms with Crippen molar-refractivity contribution in [3.63, 3.8) is 0 Å². The number of rotatable bonds is 8. The SMILES string of the molecule is CC(C)n1cc(-c2ccc(NC(=O)Cc3ccccc3F)cc2S(=O)(=O)/N=C/N(C)C)cn1. The van der Waals surface area contributed by atoms with E-state index in [4.69, 9.17) is 0 Å². The van der Waals surface area contributed by atoms with Crippen LogP contribution in [-0.4, -0.2) is 49.4 Å². The Hall–Kier alpha value is -3.53. The van der Waals surface area contributed by atoms with Gasteiger partial charge in [0.2, 0.25) is 5.91 Å². The van der Waals surface area contributed by atoms with Gasteiger partial charge in [0.25, 0.3) is 10.0 Å². The Labute approximate surface area is 192 Å². The summed E-state index contributed by atoms with van der Waals surface area (Å²) in [5.74, 6) is -0.952. The Kier molecular flexibility index (Phi) is 7.27. The van der Waals surface area contributed by atoms with Crippen molar-refractivity contribution in [1.29, 1.82) is 0 Å². The van der Waals surface area contributed by atoms with Gasteiger partial charge in [-0.05, 0) is 37.6 Å². The first-order valence-corrected chi connectivity index (χ1v) is 11.7. The number of halogens is 1. The molecule has 0 aliphatic heterocycles. The molecule has 1 aromatic heterocycles. The first kappa shape index (κ1) is 24.1. The molecule has 3 rings (SSSR count). The normalized spacial score (nSPS) is 11.8. The third kappa shape index (κ3) is 6.04. The first-order chi connectivity index (χ1) is 15.6. The van der Waals surface area contributed by atoms with E-state index in [-0.39, 0.29) is 28.6 Å². The quantitative estimate of drug-likeness (QED) is 0.399. The number of anilines is 1. The molecule has 0 bridgehead atoms. The Balaban J connectivity index is 1.98. The summed E-state index contributed by atoms with van der Waals surface area (Å²) in [5, 5.41) is 6.93. The van der Waals surface area contributed by atoms with Crippen molar-refractivity contribution in [2.75, 3.05) is 19.4 Å². The molecule has 3 aromatic rings. The standard InChI is InChI=1S/C23H26FN5O3S/c1-16(2)29-14-18(13-25-29)20-10-9-19(12-22(20)33(31,32)26-15-28(3)4)27-23(30)11-17-7-5-6-8-21(17)24/h5-10,12-16H,11H2,1-4H3,(H,27,30)/b26-15+. The summed E-state index contributed by atoms with van der Waals surface area (Å²) in [4.78, 5) is 13.9. The van der Waals surface area contributed by atoms with Crippen molar-refractivity contribution in [2.24, 2.45) is 4.40 Å². The van der Waals surface area contributed by atoms with Gasteiger partial charge in [0.05, 0.1) is 17.5 Å². The summed E-state index contributed by atoms with van der Waals surface area (Å²) < 4.78 is 45.4. The molecule has 0 fully saturated rings. The average molecular weight is 472 g/mol. The Morgan fingerprint density at radius 2 is 1.97 bits per heavy atom. The van der Waals surface area contributed by atoms with E-state index >= 15 is 0 Å². The minimum absolute atomic E-state index is 0.0763. The highest BCUT2D eigenvalue weighted by atomic mass is 32.2. The molecule has 0 atom stereocenters. The molecule has 0 aliphatic rings. The van der Waals surface area contributed by atoms with Crippen LogP contribution in [0.4, 0.5) is 10.1 Å². The third-order valence-electron chi connectivity index (χ3n) is 4.71. The van der Waals surface area contributed by atoms with E-state index in [0.29, 0.717) is 11.1 Å². The van der Waals surface area contributed by atoms with Gasteiger partial charge in [0, 0.05) is 43.1 Å². The van der Waals surface area contributed by atoms with Gasteiger partial charge in [0.15, 0.2) is 0 Å². The van der Waals surface area contributed by atoms with Crippen LogP contribution in [0.15, 0.2) is 64.2 Å². The number of nitrogens with one attached hydrogen (secondary N) is 1. The summed E-state index contributed by atoms with van der Waals surface area (Å²) >= 11 is 0. The lowest BCUT2D eigenvalue weighted by atomic mass is 10.1. The lowest BCUT2D eigenvalue weighted by Crippen LogP contribution is -2.16. The van der Waals surface area contributed by atoms with Crippen molar-refractivity contribution >= 4 is 28.0 Å². The van der Waals surface area contributed by atoms with Gasteiger partial charge in [0.1, 0.15) is 12.2 Å². The largest absolute Gasteiger partial charge is 0.368 e. The molecular formula is C23H26FN5O3S. The number of sulfonamides is 1. The van der Waals surface area contributed by atoms with Gasteiger partial charge >= 0.3 is 0 Å². The van der Waals surface area contributed by atoms with Gasteiger partial charge in [-0.1, -0.05) is 24.3 Å². The number of amides is 1. The second-order valence-corrected chi connectivity index (χ2v) is 9.59. The molecule has 2 aromatic carbocycles. The van der Waals surface area contributed by atoms with Crippen LogP contribution in [0.1, 0.15) is 25.5 Å². The molecule has 1 amide bonds. The van der Waals surface area contributed by atoms with Crippen LogP contribution in [0.2, 0.25) is 0 Å². The predicted molar refractivity (Wildman–Crippen MR) is 126 cm³/mol. The number of hydrogen-bond donors (Lipinski definition) is 1. The minimum Gasteiger partial charge on any atom is -0.368 e. The minimum atomic E-state index is -4.09. The van der Waals surface area contributed by atoms with Crippen LogP contribution in [-0.2, 0) is 21.2 Å². The summed E-state index contributed by atoms with van der Waals surface area (Å²) in [6.07, 6.45) is 4.35. The van der Waals surface area contributed by atoms with Crippen molar-refractivity contribution in [1.82, 2.24) is 14.7 Å². The molecule has 0 unspecified atom stereocenters. The molecule has 0 aliphatic carbocycles. The van der Waals surface area contributed by atoms with Crippen LogP contribution < -0.4 is 5.32 Å². The van der Waals surface area contributed by atoms with Crippen LogP contribution in [0.5, 0.6) is 0 Å². The summed E-state index contributed by atoms with van der Waals surface area (Å²) in [6, 6.07) is 10.6. The maximum Gasteiger partial charge on any atom is 0.284 e. The molecule has 10 heteroatoms. The molecule has 0 radical (unpaired) electrons. The molecule has 0 spiro atoms. The zero-order chi connectivity index (χ0) is 24.2. The van der Waals surface area contributed by atoms with Gasteiger partial charge in [-0.3, -0.25) is 9.48 Å². The number of nitrogens with zero attached hydrogens (tertiary/aromatic N) is 4. The van der Waals surface area contributed by atoms with Crippen molar-refractivity contribution in [2.45, 2.75) is 31.2 Å². The number of benzene rings is 2. The fraction of sp³-hybridized carbons (Fsp3) is 0.261. The molecule has 8 nitrogen and oxygen atoms in total. The maximum absolute atomic E-state index is 13.9. The van der Waals surface area contributed by atoms with Gasteiger partial charge < -0.3 is 10.2 Å². The Bertz CT molecular complexity index is 1280. The highest BCUT2D eigenvalue weighted by molar-refractivity contribution is 7.90. The number of carbonyl (C=O) groups excluding carboxylic acids is 1. The highest BCUT2D eigenvalue weighted by Crippen LogP contribution is 2.31. The zero-order valence-corrected chi connectivity index (χ0v) is 19.7. The Morgan fingerprint density at radius 1 is 1.24 bits per heavy atom. The molecule has 33 heavy (non-hydrogen) atoms. The molecule has 1 N–H and O–H groups in total. The smallest absolute Gasteiger partial charge is 0.284 e. The van der Waals surface area contributed by atoms with E-state index < -0.39 is 21.7 Å². The van der Waals surface area contributed by atoms with Crippen LogP contribution in [0.3, 0.4) is 0 Å². The lowest BCUT2D eigenvalue weighted by Gasteiger charge is -2.12. The van der Waals surface area contributed by atoms with Gasteiger partial charge in [-0.2, -0.15) is 13.5 Å². The van der Waals surface area contributed by atoms with Crippen LogP contribution in [0.25, 0.3) is 11.1 Å². The zero-order valence-electron chi connectivity index (χ0n) is 18.9. The van der Waals surface area contributed by atoms with E-state index in [0.717, 1.165) is 0 Å². The fourth-order valence-electron chi connectivity index (χ4n) is 3.04. The van der Waals surface area contributed by atoms with Crippen molar-refractivity contribution in [3.8, 4) is 11.1 Å². The average Bonchev–Trinajstić information content (AvgIpc) is 3.24. The van der Waals surface area contributed by atoms with E-state index in [1.165, 1.54) is 29.4 Å². The van der Waals surface area contributed by atoms with E-state index in [1.54, 1.807) is 55.4 Å². The second kappa shape index (κ2) is 9.95. The molecular weight excluding hydrogens is 445 g/mol. The second-order valence-electron chi connectivity index (χ2n) is 7.99. The maximum atomic E-state index is 13.9. The Morgan fingerprint density at radius 3 is 2.61 bits per heavy atom. The molecule has 174 valence electrons. The number of aromatic nitrogens is 2. The first-order valence-electron chi connectivity index (χ1n) is 10.3. The number of carbonyl (C=O) groups is 1. The van der Waals surface area contributed by atoms with Gasteiger partial charge in [-0.25, -0.2) is 4.39 Å². The van der Waals surface area contributed by atoms with E-state index in [2.05, 4.69) is 14.8 Å². The van der Waals surface area contributed by atoms with E-state index in [9.17, 15) is 17.6 Å². The monoisotopic (exact) mass is 471 g/mol. The van der Waals surface area contributed by atoms with E-state index in [1.807, 2.05) is 13.8 Å². The molecule has 0 saturated heterocycles. The molecule has 0 saturated carbocycles.